The molecule has 0 spiro atoms. The average Bonchev–Trinajstić information content (AvgIpc) is 2.11. The highest BCUT2D eigenvalue weighted by atomic mass is 14.9. The Balaban J connectivity index is 3.91. The standard InChI is InChI=1S/C13H25N/c1-9(2)11(5)8-14-13(7)12(6)10(3)4/h9-10,12,14H,5,7-8H2,1-4,6H3. The third-order valence-corrected chi connectivity index (χ3v) is 2.91. The highest BCUT2D eigenvalue weighted by molar-refractivity contribution is 5.06. The van der Waals surface area contributed by atoms with Crippen LogP contribution >= 0.6 is 0 Å². The Morgan fingerprint density at radius 1 is 1.07 bits per heavy atom. The minimum Gasteiger partial charge on any atom is -0.385 e. The molecule has 0 aliphatic rings. The summed E-state index contributed by atoms with van der Waals surface area (Å²) in [5.41, 5.74) is 2.36. The van der Waals surface area contributed by atoms with Crippen LogP contribution < -0.4 is 5.32 Å². The summed E-state index contributed by atoms with van der Waals surface area (Å²) in [5.74, 6) is 1.71. The molecule has 0 bridgehead atoms. The second kappa shape index (κ2) is 5.90. The molecule has 1 N–H and O–H groups in total. The van der Waals surface area contributed by atoms with Crippen molar-refractivity contribution in [2.45, 2.75) is 34.6 Å². The van der Waals surface area contributed by atoms with Crippen molar-refractivity contribution in [1.29, 1.82) is 0 Å². The Morgan fingerprint density at radius 2 is 1.57 bits per heavy atom. The van der Waals surface area contributed by atoms with E-state index in [1.165, 1.54) is 5.57 Å². The Kier molecular flexibility index (Phi) is 5.59. The van der Waals surface area contributed by atoms with Gasteiger partial charge in [0.2, 0.25) is 0 Å². The Morgan fingerprint density at radius 3 is 1.93 bits per heavy atom. The lowest BCUT2D eigenvalue weighted by molar-refractivity contribution is 0.455. The molecule has 0 saturated heterocycles. The van der Waals surface area contributed by atoms with Crippen LogP contribution in [0.4, 0.5) is 0 Å². The van der Waals surface area contributed by atoms with Crippen molar-refractivity contribution in [1.82, 2.24) is 5.32 Å². The van der Waals surface area contributed by atoms with Gasteiger partial charge in [0.1, 0.15) is 0 Å². The molecule has 82 valence electrons. The zero-order chi connectivity index (χ0) is 11.3. The van der Waals surface area contributed by atoms with Gasteiger partial charge >= 0.3 is 0 Å². The van der Waals surface area contributed by atoms with Gasteiger partial charge in [-0.2, -0.15) is 0 Å². The van der Waals surface area contributed by atoms with E-state index in [4.69, 9.17) is 0 Å². The van der Waals surface area contributed by atoms with Crippen LogP contribution in [0.25, 0.3) is 0 Å². The van der Waals surface area contributed by atoms with E-state index in [0.29, 0.717) is 17.8 Å². The van der Waals surface area contributed by atoms with Gasteiger partial charge < -0.3 is 5.32 Å². The molecule has 0 radical (unpaired) electrons. The van der Waals surface area contributed by atoms with Gasteiger partial charge in [-0.3, -0.25) is 0 Å². The predicted molar refractivity (Wildman–Crippen MR) is 65.1 cm³/mol. The first kappa shape index (κ1) is 13.3. The van der Waals surface area contributed by atoms with E-state index in [-0.39, 0.29) is 0 Å². The molecule has 0 saturated carbocycles. The first-order chi connectivity index (χ1) is 6.36. The lowest BCUT2D eigenvalue weighted by Gasteiger charge is -2.21. The Hall–Kier alpha value is -0.720. The maximum atomic E-state index is 4.05. The number of hydrogen-bond donors (Lipinski definition) is 1. The molecule has 1 nitrogen and oxygen atoms in total. The van der Waals surface area contributed by atoms with Crippen LogP contribution in [-0.4, -0.2) is 6.54 Å². The average molecular weight is 195 g/mol. The van der Waals surface area contributed by atoms with E-state index < -0.39 is 0 Å². The first-order valence-electron chi connectivity index (χ1n) is 5.46. The number of hydrogen-bond acceptors (Lipinski definition) is 1. The summed E-state index contributed by atoms with van der Waals surface area (Å²) in [6, 6.07) is 0. The molecule has 0 aromatic carbocycles. The number of rotatable bonds is 6. The molecule has 0 aliphatic heterocycles. The fourth-order valence-electron chi connectivity index (χ4n) is 0.995. The topological polar surface area (TPSA) is 12.0 Å². The summed E-state index contributed by atoms with van der Waals surface area (Å²) in [6.45, 7) is 19.9. The molecule has 1 atom stereocenters. The third-order valence-electron chi connectivity index (χ3n) is 2.91. The first-order valence-corrected chi connectivity index (χ1v) is 5.46. The van der Waals surface area contributed by atoms with Crippen LogP contribution in [0.1, 0.15) is 34.6 Å². The second-order valence-electron chi connectivity index (χ2n) is 4.72. The zero-order valence-electron chi connectivity index (χ0n) is 10.4. The fourth-order valence-corrected chi connectivity index (χ4v) is 0.995. The van der Waals surface area contributed by atoms with Gasteiger partial charge in [-0.05, 0) is 17.8 Å². The van der Waals surface area contributed by atoms with Gasteiger partial charge in [0.25, 0.3) is 0 Å². The van der Waals surface area contributed by atoms with E-state index in [9.17, 15) is 0 Å². The van der Waals surface area contributed by atoms with E-state index in [1.807, 2.05) is 0 Å². The summed E-state index contributed by atoms with van der Waals surface area (Å²) in [4.78, 5) is 0. The van der Waals surface area contributed by atoms with Crippen LogP contribution in [-0.2, 0) is 0 Å². The van der Waals surface area contributed by atoms with Gasteiger partial charge in [0.05, 0.1) is 0 Å². The molecule has 0 fully saturated rings. The van der Waals surface area contributed by atoms with Gasteiger partial charge in [0, 0.05) is 12.2 Å². The molecule has 0 aromatic rings. The second-order valence-corrected chi connectivity index (χ2v) is 4.72. The SMILES string of the molecule is C=C(CNC(=C)C(C)C(C)C)C(C)C. The Bertz CT molecular complexity index is 201. The van der Waals surface area contributed by atoms with Crippen molar-refractivity contribution in [3.8, 4) is 0 Å². The number of allylic oxidation sites excluding steroid dienone is 1. The minimum atomic E-state index is 0.523. The maximum Gasteiger partial charge on any atom is 0.0357 e. The van der Waals surface area contributed by atoms with Crippen LogP contribution in [0.15, 0.2) is 24.4 Å². The highest BCUT2D eigenvalue weighted by Crippen LogP contribution is 2.16. The molecule has 0 aromatic heterocycles. The van der Waals surface area contributed by atoms with E-state index >= 15 is 0 Å². The summed E-state index contributed by atoms with van der Waals surface area (Å²) in [5, 5.41) is 3.35. The summed E-state index contributed by atoms with van der Waals surface area (Å²) in [7, 11) is 0. The van der Waals surface area contributed by atoms with Crippen molar-refractivity contribution < 1.29 is 0 Å². The monoisotopic (exact) mass is 195 g/mol. The summed E-state index contributed by atoms with van der Waals surface area (Å²) in [6.07, 6.45) is 0. The van der Waals surface area contributed by atoms with Crippen molar-refractivity contribution in [3.63, 3.8) is 0 Å². The van der Waals surface area contributed by atoms with Crippen LogP contribution in [0.3, 0.4) is 0 Å². The highest BCUT2D eigenvalue weighted by Gasteiger charge is 2.10. The van der Waals surface area contributed by atoms with Crippen LogP contribution in [0, 0.1) is 17.8 Å². The quantitative estimate of drug-likeness (QED) is 0.639. The molecule has 0 aliphatic carbocycles. The minimum absolute atomic E-state index is 0.523. The van der Waals surface area contributed by atoms with Crippen LogP contribution in [0.2, 0.25) is 0 Å². The molecule has 0 heterocycles. The fraction of sp³-hybridized carbons (Fsp3) is 0.692. The van der Waals surface area contributed by atoms with Crippen molar-refractivity contribution in [3.05, 3.63) is 24.4 Å². The largest absolute Gasteiger partial charge is 0.385 e. The number of nitrogens with one attached hydrogen (secondary N) is 1. The van der Waals surface area contributed by atoms with Gasteiger partial charge in [-0.15, -0.1) is 0 Å². The normalized spacial score (nSPS) is 13.1. The molecular weight excluding hydrogens is 170 g/mol. The van der Waals surface area contributed by atoms with Crippen molar-refractivity contribution in [2.75, 3.05) is 6.54 Å². The third kappa shape index (κ3) is 4.50. The molecular formula is C13H25N. The Labute approximate surface area is 89.3 Å². The van der Waals surface area contributed by atoms with E-state index in [0.717, 1.165) is 12.2 Å². The van der Waals surface area contributed by atoms with Crippen molar-refractivity contribution in [2.24, 2.45) is 17.8 Å². The molecule has 14 heavy (non-hydrogen) atoms. The molecule has 1 heteroatoms. The lowest BCUT2D eigenvalue weighted by Crippen LogP contribution is -2.23. The summed E-state index contributed by atoms with van der Waals surface area (Å²) >= 11 is 0. The van der Waals surface area contributed by atoms with Crippen LogP contribution in [0.5, 0.6) is 0 Å². The van der Waals surface area contributed by atoms with Gasteiger partial charge in [0.15, 0.2) is 0 Å². The zero-order valence-corrected chi connectivity index (χ0v) is 10.4. The predicted octanol–water partition coefficient (Wildman–Crippen LogP) is 3.59. The van der Waals surface area contributed by atoms with Gasteiger partial charge in [-0.25, -0.2) is 0 Å². The lowest BCUT2D eigenvalue weighted by atomic mass is 9.95. The van der Waals surface area contributed by atoms with Gasteiger partial charge in [-0.1, -0.05) is 53.3 Å². The smallest absolute Gasteiger partial charge is 0.0357 e. The molecule has 0 amide bonds. The van der Waals surface area contributed by atoms with E-state index in [1.54, 1.807) is 0 Å². The maximum absolute atomic E-state index is 4.05. The van der Waals surface area contributed by atoms with E-state index in [2.05, 4.69) is 53.1 Å². The summed E-state index contributed by atoms with van der Waals surface area (Å²) < 4.78 is 0. The molecule has 0 rings (SSSR count). The van der Waals surface area contributed by atoms with Crippen molar-refractivity contribution >= 4 is 0 Å². The molecule has 1 unspecified atom stereocenters.